The lowest BCUT2D eigenvalue weighted by Gasteiger charge is -2.21. The van der Waals surface area contributed by atoms with Crippen LogP contribution in [-0.2, 0) is 65.4 Å². The molecule has 102 heavy (non-hydrogen) atoms. The number of phosphoric ester groups is 2. The summed E-state index contributed by atoms with van der Waals surface area (Å²) in [4.78, 5) is 73.0. The highest BCUT2D eigenvalue weighted by Crippen LogP contribution is 2.45. The van der Waals surface area contributed by atoms with Gasteiger partial charge in [0.05, 0.1) is 26.4 Å². The molecule has 0 aliphatic carbocycles. The van der Waals surface area contributed by atoms with Crippen molar-refractivity contribution in [3.63, 3.8) is 0 Å². The minimum Gasteiger partial charge on any atom is -0.462 e. The van der Waals surface area contributed by atoms with Crippen molar-refractivity contribution in [1.29, 1.82) is 0 Å². The van der Waals surface area contributed by atoms with Gasteiger partial charge in [-0.2, -0.15) is 0 Å². The first-order valence-electron chi connectivity index (χ1n) is 42.9. The third-order valence-corrected chi connectivity index (χ3v) is 21.6. The lowest BCUT2D eigenvalue weighted by molar-refractivity contribution is -0.161. The maximum absolute atomic E-state index is 13.1. The first-order valence-corrected chi connectivity index (χ1v) is 45.9. The standard InChI is InChI=1S/C83H162O17P2/c1-8-10-11-12-13-43-50-57-64-80(85)93-70-78(99-83(88)67-60-53-46-39-33-27-26-29-35-41-48-55-62-75(5)6)72-97-101(89,90)95-68-77(84)69-96-102(91,92)98-73-79(71-94-81(86)65-58-51-44-37-31-24-21-20-23-30-36-42-49-56-63-76(7)9-2)100-82(87)66-59-52-45-38-32-25-19-17-15-14-16-18-22-28-34-40-47-54-61-74(3)4/h74-79,84H,8-73H2,1-7H3,(H,89,90)(H,91,92)/t76?,77-,78+,79+/m0/s1. The molecule has 0 fully saturated rings. The molecule has 0 rings (SSSR count). The Balaban J connectivity index is 5.20. The van der Waals surface area contributed by atoms with E-state index >= 15 is 0 Å². The molecule has 0 aromatic carbocycles. The molecule has 0 spiro atoms. The highest BCUT2D eigenvalue weighted by Gasteiger charge is 2.30. The normalized spacial score (nSPS) is 14.2. The molecule has 17 nitrogen and oxygen atoms in total. The van der Waals surface area contributed by atoms with Crippen LogP contribution < -0.4 is 0 Å². The summed E-state index contributed by atoms with van der Waals surface area (Å²) in [5.74, 6) is 0.337. The van der Waals surface area contributed by atoms with Crippen molar-refractivity contribution in [2.45, 2.75) is 452 Å². The highest BCUT2D eigenvalue weighted by molar-refractivity contribution is 7.47. The zero-order valence-electron chi connectivity index (χ0n) is 67.1. The van der Waals surface area contributed by atoms with Crippen LogP contribution in [0.2, 0.25) is 0 Å². The predicted molar refractivity (Wildman–Crippen MR) is 418 cm³/mol. The Labute approximate surface area is 626 Å². The molecule has 19 heteroatoms. The Kier molecular flexibility index (Phi) is 71.8. The zero-order valence-corrected chi connectivity index (χ0v) is 68.9. The van der Waals surface area contributed by atoms with E-state index in [0.717, 1.165) is 114 Å². The summed E-state index contributed by atoms with van der Waals surface area (Å²) >= 11 is 0. The smallest absolute Gasteiger partial charge is 0.462 e. The van der Waals surface area contributed by atoms with Gasteiger partial charge in [0, 0.05) is 25.7 Å². The van der Waals surface area contributed by atoms with E-state index < -0.39 is 97.5 Å². The fraction of sp³-hybridized carbons (Fsp3) is 0.952. The highest BCUT2D eigenvalue weighted by atomic mass is 31.2. The number of unbranched alkanes of at least 4 members (excludes halogenated alkanes) is 48. The number of phosphoric acid groups is 2. The van der Waals surface area contributed by atoms with E-state index in [1.54, 1.807) is 0 Å². The van der Waals surface area contributed by atoms with E-state index in [-0.39, 0.29) is 25.7 Å². The van der Waals surface area contributed by atoms with Crippen molar-refractivity contribution < 1.29 is 80.2 Å². The minimum absolute atomic E-state index is 0.107. The van der Waals surface area contributed by atoms with E-state index in [9.17, 15) is 43.2 Å². The first kappa shape index (κ1) is 100. The second-order valence-electron chi connectivity index (χ2n) is 31.1. The lowest BCUT2D eigenvalue weighted by Crippen LogP contribution is -2.30. The Morgan fingerprint density at radius 1 is 0.284 bits per heavy atom. The van der Waals surface area contributed by atoms with Gasteiger partial charge in [0.15, 0.2) is 12.2 Å². The fourth-order valence-corrected chi connectivity index (χ4v) is 14.4. The van der Waals surface area contributed by atoms with Gasteiger partial charge in [0.2, 0.25) is 0 Å². The monoisotopic (exact) mass is 1490 g/mol. The van der Waals surface area contributed by atoms with Crippen molar-refractivity contribution in [2.75, 3.05) is 39.6 Å². The van der Waals surface area contributed by atoms with Gasteiger partial charge in [-0.25, -0.2) is 9.13 Å². The maximum atomic E-state index is 13.1. The van der Waals surface area contributed by atoms with Crippen molar-refractivity contribution in [2.24, 2.45) is 17.8 Å². The van der Waals surface area contributed by atoms with Gasteiger partial charge in [-0.1, -0.05) is 382 Å². The Hall–Kier alpha value is -1.94. The average Bonchev–Trinajstić information content (AvgIpc) is 0.914. The number of esters is 4. The first-order chi connectivity index (χ1) is 49.3. The van der Waals surface area contributed by atoms with Crippen LogP contribution in [0, 0.1) is 17.8 Å². The molecule has 0 aliphatic heterocycles. The van der Waals surface area contributed by atoms with Gasteiger partial charge in [0.25, 0.3) is 0 Å². The number of aliphatic hydroxyl groups excluding tert-OH is 1. The van der Waals surface area contributed by atoms with Crippen LogP contribution >= 0.6 is 15.6 Å². The van der Waals surface area contributed by atoms with E-state index in [1.165, 1.54) is 238 Å². The maximum Gasteiger partial charge on any atom is 0.472 e. The number of hydrogen-bond donors (Lipinski definition) is 3. The van der Waals surface area contributed by atoms with Gasteiger partial charge in [-0.3, -0.25) is 37.3 Å². The molecule has 0 heterocycles. The third kappa shape index (κ3) is 74.9. The lowest BCUT2D eigenvalue weighted by atomic mass is 9.99. The summed E-state index contributed by atoms with van der Waals surface area (Å²) in [5, 5.41) is 10.6. The van der Waals surface area contributed by atoms with E-state index in [4.69, 9.17) is 37.0 Å². The van der Waals surface area contributed by atoms with E-state index in [2.05, 4.69) is 48.5 Å². The topological polar surface area (TPSA) is 237 Å². The number of carbonyl (C=O) groups is 4. The fourth-order valence-electron chi connectivity index (χ4n) is 12.8. The van der Waals surface area contributed by atoms with Crippen molar-refractivity contribution in [1.82, 2.24) is 0 Å². The molecule has 0 aliphatic rings. The Morgan fingerprint density at radius 2 is 0.500 bits per heavy atom. The Morgan fingerprint density at radius 3 is 0.745 bits per heavy atom. The Bertz CT molecular complexity index is 1980. The molecule has 0 saturated carbocycles. The molecule has 0 aromatic heterocycles. The average molecular weight is 1490 g/mol. The number of hydrogen-bond acceptors (Lipinski definition) is 15. The summed E-state index contributed by atoms with van der Waals surface area (Å²) in [6, 6.07) is 0. The molecule has 606 valence electrons. The molecule has 0 bridgehead atoms. The molecule has 3 N–H and O–H groups in total. The summed E-state index contributed by atoms with van der Waals surface area (Å²) in [7, 11) is -9.92. The number of ether oxygens (including phenoxy) is 4. The number of aliphatic hydroxyl groups is 1. The zero-order chi connectivity index (χ0) is 75.1. The number of rotatable bonds is 81. The molecule has 0 radical (unpaired) electrons. The van der Waals surface area contributed by atoms with Gasteiger partial charge in [-0.05, 0) is 43.4 Å². The van der Waals surface area contributed by atoms with Crippen LogP contribution in [0.3, 0.4) is 0 Å². The van der Waals surface area contributed by atoms with Crippen LogP contribution in [0.25, 0.3) is 0 Å². The van der Waals surface area contributed by atoms with Crippen molar-refractivity contribution >= 4 is 39.5 Å². The van der Waals surface area contributed by atoms with Gasteiger partial charge < -0.3 is 33.8 Å². The molecular formula is C83H162O17P2. The van der Waals surface area contributed by atoms with Gasteiger partial charge >= 0.3 is 39.5 Å². The summed E-state index contributed by atoms with van der Waals surface area (Å²) in [6.45, 7) is 12.0. The van der Waals surface area contributed by atoms with Crippen LogP contribution in [0.5, 0.6) is 0 Å². The third-order valence-electron chi connectivity index (χ3n) is 19.7. The number of carbonyl (C=O) groups excluding carboxylic acids is 4. The summed E-state index contributed by atoms with van der Waals surface area (Å²) in [6.07, 6.45) is 62.5. The largest absolute Gasteiger partial charge is 0.472 e. The SMILES string of the molecule is CCCCCCCCCCC(=O)OC[C@H](COP(=O)(O)OC[C@H](O)COP(=O)(O)OC[C@@H](COC(=O)CCCCCCCCCCCCCCCCC(C)CC)OC(=O)CCCCCCCCCCCCCCCCCCCCC(C)C)OC(=O)CCCCCCCCCCCCCCC(C)C. The molecular weight excluding hydrogens is 1330 g/mol. The van der Waals surface area contributed by atoms with Crippen LogP contribution in [-0.4, -0.2) is 96.7 Å². The van der Waals surface area contributed by atoms with Crippen molar-refractivity contribution in [3.8, 4) is 0 Å². The van der Waals surface area contributed by atoms with Crippen LogP contribution in [0.4, 0.5) is 0 Å². The quantitative estimate of drug-likeness (QED) is 0.0222. The van der Waals surface area contributed by atoms with E-state index in [1.807, 2.05) is 0 Å². The minimum atomic E-state index is -4.96. The van der Waals surface area contributed by atoms with Crippen LogP contribution in [0.15, 0.2) is 0 Å². The molecule has 6 atom stereocenters. The summed E-state index contributed by atoms with van der Waals surface area (Å²) in [5.41, 5.74) is 0. The second-order valence-corrected chi connectivity index (χ2v) is 34.0. The van der Waals surface area contributed by atoms with Crippen LogP contribution in [0.1, 0.15) is 434 Å². The van der Waals surface area contributed by atoms with Gasteiger partial charge in [0.1, 0.15) is 19.3 Å². The molecule has 0 aromatic rings. The predicted octanol–water partition coefficient (Wildman–Crippen LogP) is 24.9. The second kappa shape index (κ2) is 73.2. The summed E-state index contributed by atoms with van der Waals surface area (Å²) < 4.78 is 68.7. The molecule has 0 saturated heterocycles. The van der Waals surface area contributed by atoms with E-state index in [0.29, 0.717) is 25.7 Å². The van der Waals surface area contributed by atoms with Gasteiger partial charge in [-0.15, -0.1) is 0 Å². The molecule has 0 amide bonds. The van der Waals surface area contributed by atoms with Crippen molar-refractivity contribution in [3.05, 3.63) is 0 Å². The molecule has 3 unspecified atom stereocenters.